The van der Waals surface area contributed by atoms with Crippen molar-refractivity contribution < 1.29 is 19.3 Å². The number of carbonyl (C=O) groups excluding carboxylic acids is 2. The van der Waals surface area contributed by atoms with Crippen molar-refractivity contribution in [2.75, 3.05) is 0 Å². The maximum Gasteiger partial charge on any atom is 0.360 e. The lowest BCUT2D eigenvalue weighted by Crippen LogP contribution is -2.37. The Kier molecular flexibility index (Phi) is 2.11. The van der Waals surface area contributed by atoms with Gasteiger partial charge in [0.05, 0.1) is 5.82 Å². The molecular formula is C4H6BN2O4. The Hall–Kier alpha value is -1.08. The van der Waals surface area contributed by atoms with Gasteiger partial charge in [-0.3, -0.25) is 9.59 Å². The van der Waals surface area contributed by atoms with Gasteiger partial charge in [0.1, 0.15) is 0 Å². The van der Waals surface area contributed by atoms with Crippen LogP contribution in [0.3, 0.4) is 0 Å². The molecule has 0 aromatic heterocycles. The third kappa shape index (κ3) is 1.49. The quantitative estimate of drug-likeness (QED) is 0.347. The zero-order valence-corrected chi connectivity index (χ0v) is 5.52. The van der Waals surface area contributed by atoms with Crippen LogP contribution in [0.2, 0.25) is 5.82 Å². The first-order valence-electron chi connectivity index (χ1n) is 2.87. The van der Waals surface area contributed by atoms with Crippen LogP contribution >= 0.6 is 0 Å². The number of primary amides is 2. The zero-order valence-electron chi connectivity index (χ0n) is 5.52. The van der Waals surface area contributed by atoms with Crippen molar-refractivity contribution in [1.82, 2.24) is 0 Å². The largest absolute Gasteiger partial charge is 0.370 e. The molecule has 2 unspecified atom stereocenters. The van der Waals surface area contributed by atoms with E-state index in [0.29, 0.717) is 0 Å². The average Bonchev–Trinajstić information content (AvgIpc) is 2.32. The molecule has 0 aliphatic carbocycles. The van der Waals surface area contributed by atoms with E-state index in [9.17, 15) is 9.59 Å². The number of amides is 2. The summed E-state index contributed by atoms with van der Waals surface area (Å²) in [6.45, 7) is 0. The Morgan fingerprint density at radius 2 is 1.91 bits per heavy atom. The summed E-state index contributed by atoms with van der Waals surface area (Å²) >= 11 is 0. The first kappa shape index (κ1) is 8.03. The van der Waals surface area contributed by atoms with E-state index < -0.39 is 23.7 Å². The Morgan fingerprint density at radius 3 is 2.27 bits per heavy atom. The zero-order chi connectivity index (χ0) is 8.43. The van der Waals surface area contributed by atoms with Gasteiger partial charge in [0.15, 0.2) is 6.10 Å². The van der Waals surface area contributed by atoms with Gasteiger partial charge in [-0.05, 0) is 0 Å². The molecule has 1 aliphatic rings. The summed E-state index contributed by atoms with van der Waals surface area (Å²) in [5, 5.41) is 0. The minimum absolute atomic E-state index is 0.702. The average molecular weight is 157 g/mol. The number of carbonyl (C=O) groups is 2. The molecule has 0 saturated carbocycles. The molecule has 1 heterocycles. The van der Waals surface area contributed by atoms with Crippen molar-refractivity contribution in [2.24, 2.45) is 11.5 Å². The van der Waals surface area contributed by atoms with Crippen molar-refractivity contribution in [2.45, 2.75) is 11.9 Å². The van der Waals surface area contributed by atoms with Crippen molar-refractivity contribution in [3.05, 3.63) is 0 Å². The van der Waals surface area contributed by atoms with Crippen LogP contribution in [0.15, 0.2) is 0 Å². The van der Waals surface area contributed by atoms with Crippen molar-refractivity contribution in [1.29, 1.82) is 0 Å². The van der Waals surface area contributed by atoms with E-state index in [2.05, 4.69) is 9.69 Å². The van der Waals surface area contributed by atoms with E-state index in [1.807, 2.05) is 0 Å². The SMILES string of the molecule is NC(=O)C1[B]OOC1C(N)=O. The minimum atomic E-state index is -1.09. The summed E-state index contributed by atoms with van der Waals surface area (Å²) < 4.78 is 0. The summed E-state index contributed by atoms with van der Waals surface area (Å²) in [7, 11) is 1.04. The normalized spacial score (nSPS) is 29.5. The van der Waals surface area contributed by atoms with Gasteiger partial charge < -0.3 is 16.3 Å². The number of hydrogen-bond donors (Lipinski definition) is 2. The maximum absolute atomic E-state index is 10.5. The first-order chi connectivity index (χ1) is 5.13. The smallest absolute Gasteiger partial charge is 0.360 e. The Balaban J connectivity index is 2.65. The highest BCUT2D eigenvalue weighted by molar-refractivity contribution is 6.39. The van der Waals surface area contributed by atoms with Crippen LogP contribution < -0.4 is 11.5 Å². The van der Waals surface area contributed by atoms with Crippen molar-refractivity contribution in [3.8, 4) is 0 Å². The van der Waals surface area contributed by atoms with Crippen LogP contribution in [0.1, 0.15) is 0 Å². The van der Waals surface area contributed by atoms with Crippen molar-refractivity contribution in [3.63, 3.8) is 0 Å². The molecule has 1 rings (SSSR count). The number of nitrogens with two attached hydrogens (primary N) is 2. The molecule has 2 atom stereocenters. The topological polar surface area (TPSA) is 105 Å². The molecule has 6 nitrogen and oxygen atoms in total. The molecule has 1 aliphatic heterocycles. The van der Waals surface area contributed by atoms with E-state index in [1.54, 1.807) is 0 Å². The van der Waals surface area contributed by atoms with Crippen LogP contribution in [0, 0.1) is 0 Å². The molecule has 0 bridgehead atoms. The van der Waals surface area contributed by atoms with Crippen LogP contribution in [-0.2, 0) is 19.3 Å². The van der Waals surface area contributed by atoms with E-state index in [0.717, 1.165) is 7.48 Å². The molecule has 0 aromatic carbocycles. The molecule has 7 heteroatoms. The van der Waals surface area contributed by atoms with Gasteiger partial charge in [0.2, 0.25) is 11.8 Å². The van der Waals surface area contributed by atoms with Crippen molar-refractivity contribution >= 4 is 19.3 Å². The molecule has 59 valence electrons. The third-order valence-electron chi connectivity index (χ3n) is 1.30. The fourth-order valence-corrected chi connectivity index (χ4v) is 0.724. The highest BCUT2D eigenvalue weighted by Gasteiger charge is 2.40. The standard InChI is InChI=1S/C4H6BN2O4/c6-3(8)1-2(4(7)9)10-11-5-1/h1-2H,(H2,6,8)(H2,7,9). The molecular weight excluding hydrogens is 151 g/mol. The summed E-state index contributed by atoms with van der Waals surface area (Å²) in [5.41, 5.74) is 9.74. The second kappa shape index (κ2) is 2.89. The highest BCUT2D eigenvalue weighted by Crippen LogP contribution is 2.19. The Labute approximate surface area is 63.0 Å². The Bertz CT molecular complexity index is 177. The summed E-state index contributed by atoms with van der Waals surface area (Å²) in [6, 6.07) is 0. The molecule has 2 amide bonds. The third-order valence-corrected chi connectivity index (χ3v) is 1.30. The predicted octanol–water partition coefficient (Wildman–Crippen LogP) is -2.30. The van der Waals surface area contributed by atoms with E-state index in [-0.39, 0.29) is 0 Å². The van der Waals surface area contributed by atoms with Gasteiger partial charge in [0, 0.05) is 0 Å². The number of rotatable bonds is 2. The van der Waals surface area contributed by atoms with Gasteiger partial charge in [0.25, 0.3) is 0 Å². The lowest BCUT2D eigenvalue weighted by Gasteiger charge is -2.07. The second-order valence-electron chi connectivity index (χ2n) is 2.08. The van der Waals surface area contributed by atoms with Gasteiger partial charge in [-0.25, -0.2) is 4.89 Å². The second-order valence-corrected chi connectivity index (χ2v) is 2.08. The first-order valence-corrected chi connectivity index (χ1v) is 2.87. The fourth-order valence-electron chi connectivity index (χ4n) is 0.724. The van der Waals surface area contributed by atoms with Gasteiger partial charge in [-0.2, -0.15) is 0 Å². The van der Waals surface area contributed by atoms with E-state index in [4.69, 9.17) is 11.5 Å². The molecule has 1 radical (unpaired) electrons. The molecule has 4 N–H and O–H groups in total. The van der Waals surface area contributed by atoms with Crippen LogP contribution in [0.5, 0.6) is 0 Å². The highest BCUT2D eigenvalue weighted by atomic mass is 17.2. The maximum atomic E-state index is 10.5. The van der Waals surface area contributed by atoms with E-state index in [1.165, 1.54) is 0 Å². The van der Waals surface area contributed by atoms with Crippen LogP contribution in [0.25, 0.3) is 0 Å². The van der Waals surface area contributed by atoms with Gasteiger partial charge >= 0.3 is 7.48 Å². The van der Waals surface area contributed by atoms with Crippen LogP contribution in [0.4, 0.5) is 0 Å². The monoisotopic (exact) mass is 157 g/mol. The van der Waals surface area contributed by atoms with Crippen LogP contribution in [-0.4, -0.2) is 25.4 Å². The Morgan fingerprint density at radius 1 is 1.27 bits per heavy atom. The molecule has 0 aromatic rings. The summed E-state index contributed by atoms with van der Waals surface area (Å²) in [5.74, 6) is -2.36. The predicted molar refractivity (Wildman–Crippen MR) is 33.9 cm³/mol. The lowest BCUT2D eigenvalue weighted by molar-refractivity contribution is -0.218. The van der Waals surface area contributed by atoms with E-state index >= 15 is 0 Å². The lowest BCUT2D eigenvalue weighted by atomic mass is 9.76. The van der Waals surface area contributed by atoms with Gasteiger partial charge in [-0.1, -0.05) is 0 Å². The fraction of sp³-hybridized carbons (Fsp3) is 0.500. The van der Waals surface area contributed by atoms with Gasteiger partial charge in [-0.15, -0.1) is 0 Å². The summed E-state index contributed by atoms with van der Waals surface area (Å²) in [4.78, 5) is 29.7. The molecule has 1 fully saturated rings. The molecule has 11 heavy (non-hydrogen) atoms. The molecule has 1 saturated heterocycles. The molecule has 0 spiro atoms. The minimum Gasteiger partial charge on any atom is -0.370 e. The summed E-state index contributed by atoms with van der Waals surface area (Å²) in [6.07, 6.45) is -1.09. The number of hydrogen-bond acceptors (Lipinski definition) is 4.